The first-order chi connectivity index (χ1) is 31.6. The molecule has 69 heavy (non-hydrogen) atoms. The highest BCUT2D eigenvalue weighted by atomic mass is 35.5. The van der Waals surface area contributed by atoms with Gasteiger partial charge >= 0.3 is 12.4 Å². The second-order valence-electron chi connectivity index (χ2n) is 18.8. The number of carbonyl (C=O) groups excluding carboxylic acids is 3. The number of methoxy groups -OCH3 is 2. The summed E-state index contributed by atoms with van der Waals surface area (Å²) in [7, 11) is 3.20. The molecule has 386 valence electrons. The molecule has 2 aromatic rings. The summed E-state index contributed by atoms with van der Waals surface area (Å²) in [5.74, 6) is 0.169. The van der Waals surface area contributed by atoms with Crippen molar-refractivity contribution in [2.45, 2.75) is 122 Å². The van der Waals surface area contributed by atoms with Crippen molar-refractivity contribution in [2.75, 3.05) is 53.7 Å². The van der Waals surface area contributed by atoms with Crippen LogP contribution in [0.2, 0.25) is 0 Å². The zero-order valence-electron chi connectivity index (χ0n) is 39.9. The smallest absolute Gasteiger partial charge is 0.379 e. The largest absolute Gasteiger partial charge is 0.417 e. The predicted molar refractivity (Wildman–Crippen MR) is 249 cm³/mol. The third kappa shape index (κ3) is 13.4. The van der Waals surface area contributed by atoms with Crippen molar-refractivity contribution in [2.24, 2.45) is 28.4 Å². The number of aromatic nitrogens is 2. The van der Waals surface area contributed by atoms with Crippen LogP contribution in [0.15, 0.2) is 48.8 Å². The van der Waals surface area contributed by atoms with E-state index in [2.05, 4.69) is 21.4 Å². The SMILES string of the molecule is CC(C)[C@]1(C(=O)N2CCc3ncc(C(F)(F)F)cc3C2)C=C[C@@H](N)C1.CO[C@@H]1COCCC1=O.CO[C@@H]1COCC[C@@H]1N[C@@H]1C=C[C@@](C(=O)N2CCc3ncc(C(F)(F)F)cc3C2)(C(C)C)C1.Cl.Cl. The highest BCUT2D eigenvalue weighted by Gasteiger charge is 2.48. The third-order valence-corrected chi connectivity index (χ3v) is 14.0. The summed E-state index contributed by atoms with van der Waals surface area (Å²) in [6, 6.07) is 2.24. The summed E-state index contributed by atoms with van der Waals surface area (Å²) in [6.07, 6.45) is 3.69. The van der Waals surface area contributed by atoms with Gasteiger partial charge in [-0.05, 0) is 54.4 Å². The molecule has 0 unspecified atom stereocenters. The molecule has 6 heterocycles. The van der Waals surface area contributed by atoms with Crippen molar-refractivity contribution in [1.29, 1.82) is 0 Å². The number of nitrogens with two attached hydrogens (primary N) is 1. The number of Topliss-reactive ketones (excluding diaryl/α,β-unsaturated/α-hetero) is 1. The highest BCUT2D eigenvalue weighted by Crippen LogP contribution is 2.44. The van der Waals surface area contributed by atoms with Crippen molar-refractivity contribution in [3.05, 3.63) is 82.5 Å². The van der Waals surface area contributed by atoms with Gasteiger partial charge in [0.25, 0.3) is 0 Å². The molecule has 0 bridgehead atoms. The van der Waals surface area contributed by atoms with Gasteiger partial charge < -0.3 is 39.8 Å². The molecule has 2 fully saturated rings. The highest BCUT2D eigenvalue weighted by molar-refractivity contribution is 5.87. The van der Waals surface area contributed by atoms with Gasteiger partial charge in [-0.3, -0.25) is 24.4 Å². The van der Waals surface area contributed by atoms with E-state index in [4.69, 9.17) is 24.7 Å². The van der Waals surface area contributed by atoms with E-state index in [1.807, 2.05) is 45.9 Å². The number of carbonyl (C=O) groups is 3. The van der Waals surface area contributed by atoms with Crippen molar-refractivity contribution in [3.63, 3.8) is 0 Å². The molecule has 2 saturated heterocycles. The molecule has 2 aliphatic carbocycles. The Kier molecular flexibility index (Phi) is 20.3. The van der Waals surface area contributed by atoms with Crippen molar-refractivity contribution < 1.29 is 59.7 Å². The van der Waals surface area contributed by atoms with Crippen molar-refractivity contribution in [3.8, 4) is 0 Å². The Bertz CT molecular complexity index is 2150. The minimum absolute atomic E-state index is 0. The van der Waals surface area contributed by atoms with Gasteiger partial charge in [0.1, 0.15) is 6.10 Å². The van der Waals surface area contributed by atoms with Crippen LogP contribution in [0.25, 0.3) is 0 Å². The Labute approximate surface area is 412 Å². The van der Waals surface area contributed by atoms with Crippen molar-refractivity contribution in [1.82, 2.24) is 25.1 Å². The Morgan fingerprint density at radius 3 is 1.71 bits per heavy atom. The minimum atomic E-state index is -4.45. The molecule has 6 aliphatic rings. The molecular formula is C48H66Cl2F6N6O7. The Hall–Kier alpha value is -3.69. The second kappa shape index (κ2) is 24.2. The number of ether oxygens (including phenoxy) is 4. The molecule has 0 radical (unpaired) electrons. The van der Waals surface area contributed by atoms with E-state index in [0.29, 0.717) is 94.1 Å². The fourth-order valence-corrected chi connectivity index (χ4v) is 9.72. The van der Waals surface area contributed by atoms with Crippen LogP contribution in [0.3, 0.4) is 0 Å². The predicted octanol–water partition coefficient (Wildman–Crippen LogP) is 7.10. The average molecular weight is 1020 g/mol. The van der Waals surface area contributed by atoms with Gasteiger partial charge in [-0.2, -0.15) is 26.3 Å². The van der Waals surface area contributed by atoms with Crippen LogP contribution in [0, 0.1) is 22.7 Å². The third-order valence-electron chi connectivity index (χ3n) is 14.0. The van der Waals surface area contributed by atoms with Crippen LogP contribution < -0.4 is 11.1 Å². The molecule has 3 N–H and O–H groups in total. The van der Waals surface area contributed by atoms with Gasteiger partial charge in [-0.15, -0.1) is 24.8 Å². The first-order valence-electron chi connectivity index (χ1n) is 22.9. The molecule has 13 nitrogen and oxygen atoms in total. The maximum absolute atomic E-state index is 13.8. The lowest BCUT2D eigenvalue weighted by atomic mass is 9.74. The first-order valence-corrected chi connectivity index (χ1v) is 22.9. The summed E-state index contributed by atoms with van der Waals surface area (Å²) >= 11 is 0. The molecule has 2 aromatic heterocycles. The summed E-state index contributed by atoms with van der Waals surface area (Å²) in [4.78, 5) is 49.1. The fraction of sp³-hybridized carbons (Fsp3) is 0.646. The molecule has 4 aliphatic heterocycles. The molecule has 8 rings (SSSR count). The van der Waals surface area contributed by atoms with Gasteiger partial charge in [0, 0.05) is 108 Å². The van der Waals surface area contributed by atoms with Crippen molar-refractivity contribution >= 4 is 42.4 Å². The summed E-state index contributed by atoms with van der Waals surface area (Å²) in [6.45, 7) is 11.4. The summed E-state index contributed by atoms with van der Waals surface area (Å²) in [5.41, 5.74) is 5.26. The zero-order chi connectivity index (χ0) is 48.9. The normalized spacial score (nSPS) is 27.6. The number of rotatable bonds is 8. The fourth-order valence-electron chi connectivity index (χ4n) is 9.72. The maximum Gasteiger partial charge on any atom is 0.417 e. The minimum Gasteiger partial charge on any atom is -0.379 e. The van der Waals surface area contributed by atoms with Crippen LogP contribution in [-0.2, 0) is 71.6 Å². The number of halogens is 8. The van der Waals surface area contributed by atoms with Crippen LogP contribution in [0.4, 0.5) is 26.3 Å². The van der Waals surface area contributed by atoms with Gasteiger partial charge in [0.05, 0.1) is 47.9 Å². The lowest BCUT2D eigenvalue weighted by Crippen LogP contribution is -2.52. The average Bonchev–Trinajstić information content (AvgIpc) is 3.93. The van der Waals surface area contributed by atoms with Gasteiger partial charge in [-0.1, -0.05) is 52.0 Å². The molecular weight excluding hydrogens is 957 g/mol. The second-order valence-corrected chi connectivity index (χ2v) is 18.8. The van der Waals surface area contributed by atoms with E-state index in [1.54, 1.807) is 16.9 Å². The molecule has 0 aromatic carbocycles. The number of hydrogen-bond donors (Lipinski definition) is 2. The molecule has 0 spiro atoms. The van der Waals surface area contributed by atoms with Crippen LogP contribution in [0.1, 0.15) is 87.0 Å². The number of hydrogen-bond acceptors (Lipinski definition) is 11. The number of amides is 2. The first kappa shape index (κ1) is 57.9. The van der Waals surface area contributed by atoms with Crippen LogP contribution in [0.5, 0.6) is 0 Å². The quantitative estimate of drug-likeness (QED) is 0.205. The number of pyridine rings is 2. The number of fused-ring (bicyclic) bond motifs is 2. The molecule has 21 heteroatoms. The standard InChI is InChI=1S/C24H32F3N3O3.C18H22F3N3O.C6H10O3.2ClH/c1-15(2)23(7-4-18(11-23)29-20-6-9-33-14-21(20)32-3)22(31)30-8-5-19-16(13-30)10-17(12-28-19)24(25,26)27;1-11(2)17(5-3-14(22)8-17)16(25)24-6-4-15-12(10-24)7-13(9-23-15)18(19,20)21;1-8-6-4-9-3-2-5(6)7;;/h4,7,10,12,15,18,20-21,29H,5-6,8-9,11,13-14H2,1-3H3;3,5,7,9,11,14H,4,6,8,10,22H2,1-2H3;6H,2-4H2,1H3;2*1H/t18-,20+,21-,23+;14-,17+;6-;;/m111../s1. The molecule has 2 amide bonds. The Morgan fingerprint density at radius 1 is 0.768 bits per heavy atom. The Balaban J connectivity index is 0.000000254. The van der Waals surface area contributed by atoms with Gasteiger partial charge in [0.15, 0.2) is 5.78 Å². The van der Waals surface area contributed by atoms with E-state index in [-0.39, 0.29) is 97.7 Å². The number of nitrogens with zero attached hydrogens (tertiary/aromatic N) is 4. The number of ketones is 1. The van der Waals surface area contributed by atoms with Gasteiger partial charge in [0.2, 0.25) is 11.8 Å². The van der Waals surface area contributed by atoms with E-state index in [0.717, 1.165) is 30.9 Å². The van der Waals surface area contributed by atoms with E-state index in [9.17, 15) is 40.7 Å². The number of alkyl halides is 6. The lowest BCUT2D eigenvalue weighted by molar-refractivity contribution is -0.143. The summed E-state index contributed by atoms with van der Waals surface area (Å²) < 4.78 is 99.1. The lowest BCUT2D eigenvalue weighted by Gasteiger charge is -2.39. The Morgan fingerprint density at radius 2 is 1.28 bits per heavy atom. The zero-order valence-corrected chi connectivity index (χ0v) is 41.5. The van der Waals surface area contributed by atoms with E-state index < -0.39 is 34.3 Å². The molecule has 0 saturated carbocycles. The molecule has 7 atom stereocenters. The topological polar surface area (TPSA) is 158 Å². The van der Waals surface area contributed by atoms with Gasteiger partial charge in [-0.25, -0.2) is 0 Å². The van der Waals surface area contributed by atoms with Crippen LogP contribution in [-0.4, -0.2) is 121 Å². The van der Waals surface area contributed by atoms with E-state index >= 15 is 0 Å². The number of nitrogens with one attached hydrogen (secondary N) is 1. The van der Waals surface area contributed by atoms with E-state index in [1.165, 1.54) is 7.11 Å². The summed E-state index contributed by atoms with van der Waals surface area (Å²) in [5, 5.41) is 3.63. The maximum atomic E-state index is 13.8. The van der Waals surface area contributed by atoms with Crippen LogP contribution >= 0.6 is 24.8 Å². The monoisotopic (exact) mass is 1020 g/mol.